The zero-order valence-corrected chi connectivity index (χ0v) is 16.3. The molecule has 0 aliphatic heterocycles. The summed E-state index contributed by atoms with van der Waals surface area (Å²) in [5.41, 5.74) is 6.08. The van der Waals surface area contributed by atoms with E-state index in [2.05, 4.69) is 10.6 Å². The number of primary amides is 1. The number of hydrogen-bond acceptors (Lipinski definition) is 5. The SMILES string of the molecule is CCOc1cc(CNCCCNC)cc(Cl)c1OCC(N)=O.Cl.Cl. The monoisotopic (exact) mass is 401 g/mol. The van der Waals surface area contributed by atoms with Gasteiger partial charge < -0.3 is 25.8 Å². The van der Waals surface area contributed by atoms with Crippen molar-refractivity contribution in [3.63, 3.8) is 0 Å². The van der Waals surface area contributed by atoms with Gasteiger partial charge in [-0.3, -0.25) is 4.79 Å². The predicted molar refractivity (Wildman–Crippen MR) is 102 cm³/mol. The molecule has 0 saturated carbocycles. The highest BCUT2D eigenvalue weighted by Crippen LogP contribution is 2.36. The van der Waals surface area contributed by atoms with E-state index in [0.29, 0.717) is 29.7 Å². The van der Waals surface area contributed by atoms with Gasteiger partial charge in [0, 0.05) is 6.54 Å². The quantitative estimate of drug-likeness (QED) is 0.494. The van der Waals surface area contributed by atoms with Crippen LogP contribution < -0.4 is 25.8 Å². The number of carbonyl (C=O) groups is 1. The maximum Gasteiger partial charge on any atom is 0.255 e. The molecule has 0 spiro atoms. The second-order valence-electron chi connectivity index (χ2n) is 4.73. The van der Waals surface area contributed by atoms with Crippen LogP contribution in [0.2, 0.25) is 5.02 Å². The number of halogens is 3. The molecule has 1 aromatic carbocycles. The van der Waals surface area contributed by atoms with Crippen LogP contribution in [0.1, 0.15) is 18.9 Å². The topological polar surface area (TPSA) is 85.6 Å². The van der Waals surface area contributed by atoms with Gasteiger partial charge in [0.2, 0.25) is 0 Å². The predicted octanol–water partition coefficient (Wildman–Crippen LogP) is 2.15. The van der Waals surface area contributed by atoms with Crippen molar-refractivity contribution in [1.29, 1.82) is 0 Å². The molecule has 0 saturated heterocycles. The van der Waals surface area contributed by atoms with Gasteiger partial charge in [0.1, 0.15) is 0 Å². The molecule has 0 aromatic heterocycles. The third-order valence-corrected chi connectivity index (χ3v) is 3.12. The lowest BCUT2D eigenvalue weighted by atomic mass is 10.2. The van der Waals surface area contributed by atoms with Gasteiger partial charge in [-0.05, 0) is 51.2 Å². The van der Waals surface area contributed by atoms with Gasteiger partial charge in [-0.1, -0.05) is 11.6 Å². The van der Waals surface area contributed by atoms with E-state index in [9.17, 15) is 4.79 Å². The summed E-state index contributed by atoms with van der Waals surface area (Å²) < 4.78 is 10.9. The second-order valence-corrected chi connectivity index (χ2v) is 5.13. The van der Waals surface area contributed by atoms with Gasteiger partial charge in [-0.15, -0.1) is 24.8 Å². The Hall–Kier alpha value is -0.920. The zero-order valence-electron chi connectivity index (χ0n) is 13.9. The summed E-state index contributed by atoms with van der Waals surface area (Å²) in [7, 11) is 1.93. The molecule has 0 bridgehead atoms. The molecule has 0 unspecified atom stereocenters. The average molecular weight is 403 g/mol. The number of benzene rings is 1. The van der Waals surface area contributed by atoms with Crippen LogP contribution in [0.4, 0.5) is 0 Å². The summed E-state index contributed by atoms with van der Waals surface area (Å²) in [6.07, 6.45) is 1.04. The van der Waals surface area contributed by atoms with Gasteiger partial charge in [0.25, 0.3) is 5.91 Å². The molecule has 140 valence electrons. The smallest absolute Gasteiger partial charge is 0.255 e. The van der Waals surface area contributed by atoms with Crippen LogP contribution in [0.5, 0.6) is 11.5 Å². The Morgan fingerprint density at radius 3 is 2.54 bits per heavy atom. The Morgan fingerprint density at radius 1 is 1.25 bits per heavy atom. The first-order valence-corrected chi connectivity index (χ1v) is 7.67. The number of ether oxygens (including phenoxy) is 2. The Kier molecular flexibility index (Phi) is 15.2. The molecule has 4 N–H and O–H groups in total. The number of amides is 1. The molecule has 1 rings (SSSR count). The van der Waals surface area contributed by atoms with Crippen molar-refractivity contribution in [3.05, 3.63) is 22.7 Å². The molecule has 0 radical (unpaired) electrons. The summed E-state index contributed by atoms with van der Waals surface area (Å²) in [4.78, 5) is 10.8. The number of hydrogen-bond donors (Lipinski definition) is 3. The fourth-order valence-electron chi connectivity index (χ4n) is 1.89. The molecule has 9 heteroatoms. The van der Waals surface area contributed by atoms with Crippen molar-refractivity contribution in [2.24, 2.45) is 5.73 Å². The third kappa shape index (κ3) is 9.39. The van der Waals surface area contributed by atoms with Crippen molar-refractivity contribution < 1.29 is 14.3 Å². The van der Waals surface area contributed by atoms with E-state index < -0.39 is 5.91 Å². The van der Waals surface area contributed by atoms with Gasteiger partial charge in [-0.2, -0.15) is 0 Å². The van der Waals surface area contributed by atoms with E-state index in [-0.39, 0.29) is 31.4 Å². The average Bonchev–Trinajstić information content (AvgIpc) is 2.46. The van der Waals surface area contributed by atoms with Crippen molar-refractivity contribution in [3.8, 4) is 11.5 Å². The molecule has 0 aliphatic carbocycles. The summed E-state index contributed by atoms with van der Waals surface area (Å²) in [6, 6.07) is 3.66. The molecule has 24 heavy (non-hydrogen) atoms. The Labute approximate surface area is 160 Å². The molecule has 0 fully saturated rings. The highest BCUT2D eigenvalue weighted by molar-refractivity contribution is 6.32. The first-order chi connectivity index (χ1) is 10.6. The van der Waals surface area contributed by atoms with E-state index in [0.717, 1.165) is 25.1 Å². The lowest BCUT2D eigenvalue weighted by molar-refractivity contribution is -0.119. The maximum absolute atomic E-state index is 10.8. The standard InChI is InChI=1S/C15H24ClN3O3.2ClH/c1-3-21-13-8-11(9-19-6-4-5-18-2)7-12(16)15(13)22-10-14(17)20;;/h7-8,18-19H,3-6,9-10H2,1-2H3,(H2,17,20);2*1H. The molecular formula is C15H26Cl3N3O3. The van der Waals surface area contributed by atoms with Gasteiger partial charge in [0.15, 0.2) is 18.1 Å². The van der Waals surface area contributed by atoms with Crippen molar-refractivity contribution in [2.45, 2.75) is 19.9 Å². The lowest BCUT2D eigenvalue weighted by Gasteiger charge is -2.15. The van der Waals surface area contributed by atoms with Crippen LogP contribution in [-0.4, -0.2) is 39.3 Å². The summed E-state index contributed by atoms with van der Waals surface area (Å²) in [5, 5.41) is 6.83. The number of rotatable bonds is 11. The normalized spacial score (nSPS) is 9.62. The van der Waals surface area contributed by atoms with E-state index in [1.165, 1.54) is 0 Å². The number of nitrogens with two attached hydrogens (primary N) is 1. The van der Waals surface area contributed by atoms with Gasteiger partial charge >= 0.3 is 0 Å². The van der Waals surface area contributed by atoms with Crippen molar-refractivity contribution >= 4 is 42.3 Å². The zero-order chi connectivity index (χ0) is 16.4. The van der Waals surface area contributed by atoms with E-state index in [1.807, 2.05) is 20.0 Å². The Bertz CT molecular complexity index is 491. The minimum absolute atomic E-state index is 0. The molecule has 0 heterocycles. The highest BCUT2D eigenvalue weighted by Gasteiger charge is 2.13. The van der Waals surface area contributed by atoms with Gasteiger partial charge in [-0.25, -0.2) is 0 Å². The fourth-order valence-corrected chi connectivity index (χ4v) is 2.18. The Morgan fingerprint density at radius 2 is 1.96 bits per heavy atom. The largest absolute Gasteiger partial charge is 0.490 e. The first kappa shape index (κ1) is 25.3. The summed E-state index contributed by atoms with van der Waals surface area (Å²) in [6.45, 7) is 4.66. The van der Waals surface area contributed by atoms with Crippen LogP contribution in [0.15, 0.2) is 12.1 Å². The van der Waals surface area contributed by atoms with Crippen LogP contribution in [-0.2, 0) is 11.3 Å². The molecule has 1 aromatic rings. The van der Waals surface area contributed by atoms with E-state index in [4.69, 9.17) is 26.8 Å². The van der Waals surface area contributed by atoms with Crippen LogP contribution in [0.25, 0.3) is 0 Å². The van der Waals surface area contributed by atoms with Gasteiger partial charge in [0.05, 0.1) is 11.6 Å². The molecule has 6 nitrogen and oxygen atoms in total. The van der Waals surface area contributed by atoms with E-state index in [1.54, 1.807) is 6.07 Å². The van der Waals surface area contributed by atoms with E-state index >= 15 is 0 Å². The minimum atomic E-state index is -0.561. The summed E-state index contributed by atoms with van der Waals surface area (Å²) >= 11 is 6.22. The Balaban J connectivity index is 0. The second kappa shape index (κ2) is 14.4. The maximum atomic E-state index is 10.8. The molecular weight excluding hydrogens is 377 g/mol. The summed E-state index contributed by atoms with van der Waals surface area (Å²) in [5.74, 6) is 0.304. The first-order valence-electron chi connectivity index (χ1n) is 7.30. The van der Waals surface area contributed by atoms with Crippen molar-refractivity contribution in [1.82, 2.24) is 10.6 Å². The molecule has 1 amide bonds. The number of carbonyl (C=O) groups excluding carboxylic acids is 1. The third-order valence-electron chi connectivity index (χ3n) is 2.84. The fraction of sp³-hybridized carbons (Fsp3) is 0.533. The van der Waals surface area contributed by atoms with Crippen LogP contribution in [0.3, 0.4) is 0 Å². The molecule has 0 aliphatic rings. The molecule has 0 atom stereocenters. The lowest BCUT2D eigenvalue weighted by Crippen LogP contribution is -2.21. The minimum Gasteiger partial charge on any atom is -0.490 e. The van der Waals surface area contributed by atoms with Crippen molar-refractivity contribution in [2.75, 3.05) is 33.4 Å². The van der Waals surface area contributed by atoms with Crippen LogP contribution >= 0.6 is 36.4 Å². The number of nitrogens with one attached hydrogen (secondary N) is 2. The van der Waals surface area contributed by atoms with Crippen LogP contribution in [0, 0.1) is 0 Å². The highest BCUT2D eigenvalue weighted by atomic mass is 35.5.